The van der Waals surface area contributed by atoms with Crippen LogP contribution in [0.3, 0.4) is 0 Å². The van der Waals surface area contributed by atoms with Crippen molar-refractivity contribution in [1.82, 2.24) is 0 Å². The van der Waals surface area contributed by atoms with Gasteiger partial charge in [-0.1, -0.05) is 24.2 Å². The lowest BCUT2D eigenvalue weighted by atomic mass is 10.2. The Kier molecular flexibility index (Phi) is 5.84. The number of ether oxygens (including phenoxy) is 2. The van der Waals surface area contributed by atoms with Gasteiger partial charge in [-0.15, -0.1) is 0 Å². The van der Waals surface area contributed by atoms with Gasteiger partial charge >= 0.3 is 0 Å². The lowest BCUT2D eigenvalue weighted by Gasteiger charge is -2.19. The first-order chi connectivity index (χ1) is 8.71. The van der Waals surface area contributed by atoms with Crippen LogP contribution in [-0.4, -0.2) is 23.8 Å². The molecule has 5 heteroatoms. The highest BCUT2D eigenvalue weighted by Crippen LogP contribution is 2.28. The number of oxime groups is 1. The zero-order chi connectivity index (χ0) is 13.4. The van der Waals surface area contributed by atoms with Crippen LogP contribution in [0.15, 0.2) is 29.4 Å². The molecule has 1 aromatic rings. The lowest BCUT2D eigenvalue weighted by molar-refractivity contribution is 0.190. The van der Waals surface area contributed by atoms with Crippen LogP contribution in [0.5, 0.6) is 11.5 Å². The quantitative estimate of drug-likeness (QED) is 0.338. The number of hydrogen-bond donors (Lipinski definition) is 2. The summed E-state index contributed by atoms with van der Waals surface area (Å²) < 4.78 is 11.3. The molecule has 1 atom stereocenters. The molecule has 0 spiro atoms. The van der Waals surface area contributed by atoms with E-state index in [1.54, 1.807) is 0 Å². The van der Waals surface area contributed by atoms with Gasteiger partial charge in [-0.05, 0) is 25.5 Å². The van der Waals surface area contributed by atoms with Gasteiger partial charge in [-0.3, -0.25) is 0 Å². The van der Waals surface area contributed by atoms with Gasteiger partial charge in [0, 0.05) is 6.42 Å². The fraction of sp³-hybridized carbons (Fsp3) is 0.462. The van der Waals surface area contributed by atoms with Gasteiger partial charge in [0.15, 0.2) is 11.5 Å². The van der Waals surface area contributed by atoms with Crippen LogP contribution in [0, 0.1) is 0 Å². The molecule has 0 aliphatic rings. The average molecular weight is 252 g/mol. The van der Waals surface area contributed by atoms with Gasteiger partial charge < -0.3 is 20.4 Å². The largest absolute Gasteiger partial charge is 0.490 e. The van der Waals surface area contributed by atoms with E-state index in [-0.39, 0.29) is 11.9 Å². The van der Waals surface area contributed by atoms with Crippen molar-refractivity contribution in [2.75, 3.05) is 6.61 Å². The zero-order valence-corrected chi connectivity index (χ0v) is 10.8. The molecule has 18 heavy (non-hydrogen) atoms. The number of rotatable bonds is 7. The van der Waals surface area contributed by atoms with E-state index in [1.807, 2.05) is 38.1 Å². The molecule has 1 rings (SSSR count). The van der Waals surface area contributed by atoms with Crippen LogP contribution in [0.2, 0.25) is 0 Å². The molecule has 0 saturated heterocycles. The molecule has 0 heterocycles. The Hall–Kier alpha value is -1.91. The summed E-state index contributed by atoms with van der Waals surface area (Å²) in [6.07, 6.45) is 1.01. The number of benzene rings is 1. The first kappa shape index (κ1) is 14.2. The third-order valence-corrected chi connectivity index (χ3v) is 2.46. The number of hydrogen-bond acceptors (Lipinski definition) is 4. The Morgan fingerprint density at radius 1 is 1.33 bits per heavy atom. The summed E-state index contributed by atoms with van der Waals surface area (Å²) in [5.74, 6) is 1.55. The molecule has 0 aromatic heterocycles. The SMILES string of the molecule is CCOc1ccccc1OC(CC)C/C(N)=N/O. The second-order valence-corrected chi connectivity index (χ2v) is 3.82. The van der Waals surface area contributed by atoms with Crippen molar-refractivity contribution in [3.8, 4) is 11.5 Å². The van der Waals surface area contributed by atoms with Crippen molar-refractivity contribution in [3.63, 3.8) is 0 Å². The Morgan fingerprint density at radius 2 is 2.00 bits per heavy atom. The molecule has 0 bridgehead atoms. The molecule has 0 fully saturated rings. The van der Waals surface area contributed by atoms with Gasteiger partial charge in [0.1, 0.15) is 11.9 Å². The minimum atomic E-state index is -0.137. The fourth-order valence-corrected chi connectivity index (χ4v) is 1.55. The highest BCUT2D eigenvalue weighted by atomic mass is 16.5. The Morgan fingerprint density at radius 3 is 2.56 bits per heavy atom. The van der Waals surface area contributed by atoms with Crippen LogP contribution < -0.4 is 15.2 Å². The van der Waals surface area contributed by atoms with E-state index in [4.69, 9.17) is 20.4 Å². The molecule has 1 aromatic carbocycles. The summed E-state index contributed by atoms with van der Waals surface area (Å²) in [6, 6.07) is 7.48. The maximum Gasteiger partial charge on any atom is 0.161 e. The van der Waals surface area contributed by atoms with Gasteiger partial charge in [0.25, 0.3) is 0 Å². The average Bonchev–Trinajstić information content (AvgIpc) is 2.40. The summed E-state index contributed by atoms with van der Waals surface area (Å²) in [7, 11) is 0. The summed E-state index contributed by atoms with van der Waals surface area (Å²) in [4.78, 5) is 0. The monoisotopic (exact) mass is 252 g/mol. The first-order valence-corrected chi connectivity index (χ1v) is 6.06. The standard InChI is InChI=1S/C13H20N2O3/c1-3-10(9-13(14)15-16)18-12-8-6-5-7-11(12)17-4-2/h5-8,10,16H,3-4,9H2,1-2H3,(H2,14,15). The highest BCUT2D eigenvalue weighted by Gasteiger charge is 2.13. The van der Waals surface area contributed by atoms with Crippen molar-refractivity contribution < 1.29 is 14.7 Å². The summed E-state index contributed by atoms with van der Waals surface area (Å²) in [5.41, 5.74) is 5.49. The molecule has 0 aliphatic carbocycles. The Balaban J connectivity index is 2.74. The molecular weight excluding hydrogens is 232 g/mol. The van der Waals surface area contributed by atoms with E-state index in [1.165, 1.54) is 0 Å². The maximum absolute atomic E-state index is 8.57. The first-order valence-electron chi connectivity index (χ1n) is 6.06. The smallest absolute Gasteiger partial charge is 0.161 e. The predicted molar refractivity (Wildman–Crippen MR) is 70.3 cm³/mol. The fourth-order valence-electron chi connectivity index (χ4n) is 1.55. The van der Waals surface area contributed by atoms with Crippen molar-refractivity contribution in [2.24, 2.45) is 10.9 Å². The summed E-state index contributed by atoms with van der Waals surface area (Å²) in [6.45, 7) is 4.49. The minimum Gasteiger partial charge on any atom is -0.490 e. The van der Waals surface area contributed by atoms with Gasteiger partial charge in [-0.25, -0.2) is 0 Å². The van der Waals surface area contributed by atoms with Crippen molar-refractivity contribution in [1.29, 1.82) is 0 Å². The second-order valence-electron chi connectivity index (χ2n) is 3.82. The number of nitrogens with zero attached hydrogens (tertiary/aromatic N) is 1. The second kappa shape index (κ2) is 7.42. The molecule has 3 N–H and O–H groups in total. The van der Waals surface area contributed by atoms with Crippen LogP contribution in [0.1, 0.15) is 26.7 Å². The molecule has 0 amide bonds. The molecular formula is C13H20N2O3. The summed E-state index contributed by atoms with van der Waals surface area (Å²) >= 11 is 0. The van der Waals surface area contributed by atoms with Gasteiger partial charge in [0.2, 0.25) is 0 Å². The maximum atomic E-state index is 8.57. The number of amidine groups is 1. The summed E-state index contributed by atoms with van der Waals surface area (Å²) in [5, 5.41) is 11.5. The van der Waals surface area contributed by atoms with Crippen LogP contribution in [0.25, 0.3) is 0 Å². The van der Waals surface area contributed by atoms with E-state index >= 15 is 0 Å². The lowest BCUT2D eigenvalue weighted by Crippen LogP contribution is -2.25. The van der Waals surface area contributed by atoms with Gasteiger partial charge in [-0.2, -0.15) is 0 Å². The topological polar surface area (TPSA) is 77.1 Å². The molecule has 1 unspecified atom stereocenters. The van der Waals surface area contributed by atoms with Crippen LogP contribution >= 0.6 is 0 Å². The van der Waals surface area contributed by atoms with Crippen molar-refractivity contribution >= 4 is 5.84 Å². The van der Waals surface area contributed by atoms with Crippen molar-refractivity contribution in [3.05, 3.63) is 24.3 Å². The van der Waals surface area contributed by atoms with E-state index in [9.17, 15) is 0 Å². The van der Waals surface area contributed by atoms with E-state index < -0.39 is 0 Å². The highest BCUT2D eigenvalue weighted by molar-refractivity contribution is 5.80. The van der Waals surface area contributed by atoms with Crippen LogP contribution in [-0.2, 0) is 0 Å². The molecule has 0 radical (unpaired) electrons. The van der Waals surface area contributed by atoms with Gasteiger partial charge in [0.05, 0.1) is 6.61 Å². The van der Waals surface area contributed by atoms with E-state index in [0.29, 0.717) is 24.5 Å². The van der Waals surface area contributed by atoms with Crippen LogP contribution in [0.4, 0.5) is 0 Å². The minimum absolute atomic E-state index is 0.137. The predicted octanol–water partition coefficient (Wildman–Crippen LogP) is 2.38. The normalized spacial score (nSPS) is 13.1. The molecule has 0 aliphatic heterocycles. The van der Waals surface area contributed by atoms with Crippen molar-refractivity contribution in [2.45, 2.75) is 32.8 Å². The van der Waals surface area contributed by atoms with E-state index in [0.717, 1.165) is 6.42 Å². The Bertz CT molecular complexity index is 394. The Labute approximate surface area is 107 Å². The zero-order valence-electron chi connectivity index (χ0n) is 10.8. The third-order valence-electron chi connectivity index (χ3n) is 2.46. The van der Waals surface area contributed by atoms with E-state index in [2.05, 4.69) is 5.16 Å². The number of nitrogens with two attached hydrogens (primary N) is 1. The third kappa shape index (κ3) is 4.16. The molecule has 100 valence electrons. The molecule has 0 saturated carbocycles. The number of para-hydroxylation sites is 2. The molecule has 5 nitrogen and oxygen atoms in total.